The molecule has 0 aliphatic rings. The molecule has 4 heteroatoms. The minimum absolute atomic E-state index is 0.159. The first-order valence-electron chi connectivity index (χ1n) is 7.01. The van der Waals surface area contributed by atoms with Crippen LogP contribution in [-0.4, -0.2) is 21.3 Å². The molecule has 1 aromatic heterocycles. The van der Waals surface area contributed by atoms with E-state index in [4.69, 9.17) is 5.11 Å². The Morgan fingerprint density at radius 1 is 1.26 bits per heavy atom. The van der Waals surface area contributed by atoms with Crippen LogP contribution < -0.4 is 0 Å². The quantitative estimate of drug-likeness (QED) is 0.779. The molecule has 1 N–H and O–H groups in total. The van der Waals surface area contributed by atoms with Gasteiger partial charge in [0.15, 0.2) is 0 Å². The predicted octanol–water partition coefficient (Wildman–Crippen LogP) is 3.29. The van der Waals surface area contributed by atoms with Crippen molar-refractivity contribution in [3.63, 3.8) is 0 Å². The molecule has 0 amide bonds. The van der Waals surface area contributed by atoms with Crippen LogP contribution in [0.2, 0.25) is 0 Å². The fourth-order valence-electron chi connectivity index (χ4n) is 2.35. The summed E-state index contributed by atoms with van der Waals surface area (Å²) in [5, 5.41) is 8.95. The number of aromatic nitrogens is 2. The molecule has 1 heterocycles. The fraction of sp³-hybridized carbons (Fsp3) is 0.533. The molecule has 19 heavy (non-hydrogen) atoms. The highest BCUT2D eigenvalue weighted by Gasteiger charge is 2.10. The molecule has 0 aliphatic heterocycles. The minimum atomic E-state index is -0.251. The lowest BCUT2D eigenvalue weighted by molar-refractivity contribution is 0.287. The maximum absolute atomic E-state index is 13.2. The second-order valence-corrected chi connectivity index (χ2v) is 4.85. The molecule has 3 nitrogen and oxygen atoms in total. The van der Waals surface area contributed by atoms with Crippen LogP contribution in [0.15, 0.2) is 18.2 Å². The summed E-state index contributed by atoms with van der Waals surface area (Å²) in [5.41, 5.74) is 1.70. The number of benzene rings is 1. The average molecular weight is 264 g/mol. The largest absolute Gasteiger partial charge is 0.396 e. The van der Waals surface area contributed by atoms with E-state index in [1.165, 1.54) is 25.0 Å². The highest BCUT2D eigenvalue weighted by atomic mass is 19.1. The van der Waals surface area contributed by atoms with Crippen LogP contribution in [0, 0.1) is 5.82 Å². The number of rotatable bonds is 7. The second kappa shape index (κ2) is 6.66. The van der Waals surface area contributed by atoms with Gasteiger partial charge in [-0.05, 0) is 25.0 Å². The topological polar surface area (TPSA) is 38.0 Å². The van der Waals surface area contributed by atoms with Crippen molar-refractivity contribution in [3.8, 4) is 0 Å². The Morgan fingerprint density at radius 2 is 2.11 bits per heavy atom. The number of nitrogens with zero attached hydrogens (tertiary/aromatic N) is 2. The third-order valence-corrected chi connectivity index (χ3v) is 3.33. The Labute approximate surface area is 113 Å². The highest BCUT2D eigenvalue weighted by molar-refractivity contribution is 5.76. The molecule has 0 radical (unpaired) electrons. The monoisotopic (exact) mass is 264 g/mol. The lowest BCUT2D eigenvalue weighted by Crippen LogP contribution is -2.05. The van der Waals surface area contributed by atoms with Crippen molar-refractivity contribution in [2.45, 2.75) is 45.6 Å². The fourth-order valence-corrected chi connectivity index (χ4v) is 2.35. The molecule has 0 bridgehead atoms. The Kier molecular flexibility index (Phi) is 4.91. The summed E-state index contributed by atoms with van der Waals surface area (Å²) < 4.78 is 15.4. The van der Waals surface area contributed by atoms with E-state index < -0.39 is 0 Å². The number of unbranched alkanes of at least 4 members (excludes halogenated alkanes) is 2. The Bertz CT molecular complexity index is 536. The van der Waals surface area contributed by atoms with Gasteiger partial charge in [0.2, 0.25) is 0 Å². The van der Waals surface area contributed by atoms with Gasteiger partial charge in [0.25, 0.3) is 0 Å². The molecule has 2 rings (SSSR count). The predicted molar refractivity (Wildman–Crippen MR) is 74.6 cm³/mol. The van der Waals surface area contributed by atoms with E-state index in [2.05, 4.69) is 16.5 Å². The molecular formula is C15H21FN2O. The van der Waals surface area contributed by atoms with Crippen molar-refractivity contribution in [3.05, 3.63) is 29.8 Å². The average Bonchev–Trinajstić information content (AvgIpc) is 2.74. The van der Waals surface area contributed by atoms with E-state index in [1.54, 1.807) is 6.07 Å². The van der Waals surface area contributed by atoms with Gasteiger partial charge in [0, 0.05) is 25.6 Å². The van der Waals surface area contributed by atoms with E-state index in [9.17, 15) is 4.39 Å². The van der Waals surface area contributed by atoms with E-state index >= 15 is 0 Å². The third-order valence-electron chi connectivity index (χ3n) is 3.33. The zero-order chi connectivity index (χ0) is 13.7. The molecule has 0 atom stereocenters. The molecule has 104 valence electrons. The van der Waals surface area contributed by atoms with Crippen LogP contribution in [0.4, 0.5) is 4.39 Å². The normalized spacial score (nSPS) is 11.3. The number of hydrogen-bond donors (Lipinski definition) is 1. The van der Waals surface area contributed by atoms with E-state index in [0.29, 0.717) is 11.9 Å². The van der Waals surface area contributed by atoms with Gasteiger partial charge in [-0.1, -0.05) is 19.8 Å². The summed E-state index contributed by atoms with van der Waals surface area (Å²) in [6, 6.07) is 4.76. The lowest BCUT2D eigenvalue weighted by atomic mass is 10.2. The smallest absolute Gasteiger partial charge is 0.125 e. The van der Waals surface area contributed by atoms with Crippen molar-refractivity contribution in [1.29, 1.82) is 0 Å². The number of aliphatic hydroxyl groups excluding tert-OH is 1. The van der Waals surface area contributed by atoms with Crippen molar-refractivity contribution in [2.24, 2.45) is 0 Å². The molecule has 0 saturated heterocycles. The first kappa shape index (κ1) is 14.0. The molecule has 0 unspecified atom stereocenters. The second-order valence-electron chi connectivity index (χ2n) is 4.85. The Morgan fingerprint density at radius 3 is 2.84 bits per heavy atom. The SMILES string of the molecule is CCCCCn1c(CCCO)nc2cc(F)ccc21. The van der Waals surface area contributed by atoms with Crippen LogP contribution in [-0.2, 0) is 13.0 Å². The van der Waals surface area contributed by atoms with Crippen LogP contribution in [0.5, 0.6) is 0 Å². The first-order valence-corrected chi connectivity index (χ1v) is 7.01. The maximum Gasteiger partial charge on any atom is 0.125 e. The van der Waals surface area contributed by atoms with Crippen LogP contribution in [0.1, 0.15) is 38.4 Å². The summed E-state index contributed by atoms with van der Waals surface area (Å²) in [6.07, 6.45) is 4.89. The van der Waals surface area contributed by atoms with Crippen LogP contribution in [0.3, 0.4) is 0 Å². The molecule has 1 aromatic carbocycles. The van der Waals surface area contributed by atoms with Gasteiger partial charge in [0.05, 0.1) is 11.0 Å². The van der Waals surface area contributed by atoms with Gasteiger partial charge in [-0.25, -0.2) is 9.37 Å². The molecular weight excluding hydrogens is 243 g/mol. The molecule has 0 saturated carbocycles. The van der Waals surface area contributed by atoms with Crippen LogP contribution >= 0.6 is 0 Å². The van der Waals surface area contributed by atoms with Gasteiger partial charge in [-0.3, -0.25) is 0 Å². The van der Waals surface area contributed by atoms with Gasteiger partial charge in [0.1, 0.15) is 11.6 Å². The van der Waals surface area contributed by atoms with Crippen molar-refractivity contribution in [1.82, 2.24) is 9.55 Å². The number of hydrogen-bond acceptors (Lipinski definition) is 2. The van der Waals surface area contributed by atoms with E-state index in [1.807, 2.05) is 0 Å². The number of aryl methyl sites for hydroxylation is 2. The highest BCUT2D eigenvalue weighted by Crippen LogP contribution is 2.19. The summed E-state index contributed by atoms with van der Waals surface area (Å²) >= 11 is 0. The third kappa shape index (κ3) is 3.32. The Balaban J connectivity index is 2.31. The van der Waals surface area contributed by atoms with Crippen molar-refractivity contribution >= 4 is 11.0 Å². The lowest BCUT2D eigenvalue weighted by Gasteiger charge is -2.08. The van der Waals surface area contributed by atoms with Crippen LogP contribution in [0.25, 0.3) is 11.0 Å². The van der Waals surface area contributed by atoms with E-state index in [0.717, 1.165) is 30.7 Å². The Hall–Kier alpha value is -1.42. The van der Waals surface area contributed by atoms with Gasteiger partial charge >= 0.3 is 0 Å². The number of imidazole rings is 1. The molecule has 0 spiro atoms. The number of halogens is 1. The van der Waals surface area contributed by atoms with Crippen molar-refractivity contribution < 1.29 is 9.50 Å². The summed E-state index contributed by atoms with van der Waals surface area (Å²) in [6.45, 7) is 3.25. The zero-order valence-corrected chi connectivity index (χ0v) is 11.4. The van der Waals surface area contributed by atoms with Gasteiger partial charge < -0.3 is 9.67 Å². The summed E-state index contributed by atoms with van der Waals surface area (Å²) in [4.78, 5) is 4.50. The number of fused-ring (bicyclic) bond motifs is 1. The van der Waals surface area contributed by atoms with E-state index in [-0.39, 0.29) is 12.4 Å². The standard InChI is InChI=1S/C15H21FN2O/c1-2-3-4-9-18-14-8-7-12(16)11-13(14)17-15(18)6-5-10-19/h7-8,11,19H,2-6,9-10H2,1H3. The summed E-state index contributed by atoms with van der Waals surface area (Å²) in [5.74, 6) is 0.699. The summed E-state index contributed by atoms with van der Waals surface area (Å²) in [7, 11) is 0. The number of aliphatic hydroxyl groups is 1. The first-order chi connectivity index (χ1) is 9.26. The zero-order valence-electron chi connectivity index (χ0n) is 11.4. The molecule has 0 aliphatic carbocycles. The maximum atomic E-state index is 13.2. The van der Waals surface area contributed by atoms with Gasteiger partial charge in [-0.2, -0.15) is 0 Å². The van der Waals surface area contributed by atoms with Crippen molar-refractivity contribution in [2.75, 3.05) is 6.61 Å². The minimum Gasteiger partial charge on any atom is -0.396 e. The molecule has 2 aromatic rings. The molecule has 0 fully saturated rings. The van der Waals surface area contributed by atoms with Gasteiger partial charge in [-0.15, -0.1) is 0 Å².